The number of amides is 2. The van der Waals surface area contributed by atoms with Crippen LogP contribution in [0.4, 0.5) is 0 Å². The number of H-pyrrole nitrogens is 1. The van der Waals surface area contributed by atoms with E-state index in [2.05, 4.69) is 20.6 Å². The van der Waals surface area contributed by atoms with Crippen molar-refractivity contribution in [1.82, 2.24) is 20.6 Å². The molecule has 0 spiro atoms. The minimum Gasteiger partial charge on any atom is -0.361 e. The molecule has 6 nitrogen and oxygen atoms in total. The molecule has 2 aromatic heterocycles. The molecule has 3 N–H and O–H groups in total. The molecule has 0 saturated carbocycles. The lowest BCUT2D eigenvalue weighted by Gasteiger charge is -2.17. The topological polar surface area (TPSA) is 86.9 Å². The molecule has 0 aliphatic heterocycles. The molecule has 168 valence electrons. The monoisotopic (exact) mass is 448 g/mol. The summed E-state index contributed by atoms with van der Waals surface area (Å²) in [4.78, 5) is 33.3. The first-order valence-electron chi connectivity index (χ1n) is 11.2. The molecule has 5 aromatic rings. The third kappa shape index (κ3) is 4.13. The SMILES string of the molecule is CNC(=O)[C@H](Cc1c[nH]c2ccccc12)NC(=O)c1ccc(-c2cccc3cccnc23)cc1. The molecule has 0 aliphatic rings. The summed E-state index contributed by atoms with van der Waals surface area (Å²) in [7, 11) is 1.57. The van der Waals surface area contributed by atoms with Crippen molar-refractivity contribution in [2.45, 2.75) is 12.5 Å². The van der Waals surface area contributed by atoms with Crippen LogP contribution < -0.4 is 10.6 Å². The zero-order valence-electron chi connectivity index (χ0n) is 18.7. The number of rotatable bonds is 6. The first kappa shape index (κ1) is 21.4. The van der Waals surface area contributed by atoms with Gasteiger partial charge in [0.05, 0.1) is 5.52 Å². The van der Waals surface area contributed by atoms with E-state index in [9.17, 15) is 9.59 Å². The van der Waals surface area contributed by atoms with Crippen LogP contribution in [0, 0.1) is 0 Å². The smallest absolute Gasteiger partial charge is 0.251 e. The summed E-state index contributed by atoms with van der Waals surface area (Å²) in [5.74, 6) is -0.534. The van der Waals surface area contributed by atoms with E-state index in [-0.39, 0.29) is 11.8 Å². The number of hydrogen-bond donors (Lipinski definition) is 3. The normalized spacial score (nSPS) is 11.9. The van der Waals surface area contributed by atoms with Gasteiger partial charge in [0.1, 0.15) is 6.04 Å². The Morgan fingerprint density at radius 3 is 2.56 bits per heavy atom. The van der Waals surface area contributed by atoms with Gasteiger partial charge in [0.2, 0.25) is 5.91 Å². The van der Waals surface area contributed by atoms with E-state index in [1.54, 1.807) is 25.4 Å². The largest absolute Gasteiger partial charge is 0.361 e. The molecule has 3 aromatic carbocycles. The number of para-hydroxylation sites is 2. The van der Waals surface area contributed by atoms with Gasteiger partial charge in [0.15, 0.2) is 0 Å². The zero-order chi connectivity index (χ0) is 23.5. The molecule has 0 unspecified atom stereocenters. The molecule has 2 heterocycles. The first-order valence-corrected chi connectivity index (χ1v) is 11.2. The number of nitrogens with zero attached hydrogens (tertiary/aromatic N) is 1. The molecular formula is C28H24N4O2. The van der Waals surface area contributed by atoms with Crippen LogP contribution in [0.3, 0.4) is 0 Å². The fourth-order valence-electron chi connectivity index (χ4n) is 4.28. The molecule has 6 heteroatoms. The van der Waals surface area contributed by atoms with E-state index in [1.807, 2.05) is 72.9 Å². The second-order valence-electron chi connectivity index (χ2n) is 8.16. The van der Waals surface area contributed by atoms with E-state index >= 15 is 0 Å². The van der Waals surface area contributed by atoms with E-state index in [1.165, 1.54) is 0 Å². The fraction of sp³-hybridized carbons (Fsp3) is 0.107. The summed E-state index contributed by atoms with van der Waals surface area (Å²) in [6, 6.07) is 24.6. The van der Waals surface area contributed by atoms with Gasteiger partial charge in [-0.2, -0.15) is 0 Å². The van der Waals surface area contributed by atoms with Crippen molar-refractivity contribution >= 4 is 33.6 Å². The van der Waals surface area contributed by atoms with Gasteiger partial charge in [0.25, 0.3) is 5.91 Å². The van der Waals surface area contributed by atoms with Crippen LogP contribution in [-0.2, 0) is 11.2 Å². The quantitative estimate of drug-likeness (QED) is 0.358. The lowest BCUT2D eigenvalue weighted by atomic mass is 10.00. The summed E-state index contributed by atoms with van der Waals surface area (Å²) < 4.78 is 0. The van der Waals surface area contributed by atoms with Crippen LogP contribution in [0.5, 0.6) is 0 Å². The van der Waals surface area contributed by atoms with Crippen molar-refractivity contribution in [3.63, 3.8) is 0 Å². The molecule has 1 atom stereocenters. The molecule has 0 bridgehead atoms. The lowest BCUT2D eigenvalue weighted by molar-refractivity contribution is -0.122. The lowest BCUT2D eigenvalue weighted by Crippen LogP contribution is -2.47. The first-order chi connectivity index (χ1) is 16.6. The fourth-order valence-corrected chi connectivity index (χ4v) is 4.28. The molecule has 0 fully saturated rings. The molecule has 2 amide bonds. The van der Waals surface area contributed by atoms with Crippen LogP contribution in [0.25, 0.3) is 32.9 Å². The highest BCUT2D eigenvalue weighted by Crippen LogP contribution is 2.27. The Hall–Kier alpha value is -4.45. The van der Waals surface area contributed by atoms with E-state index < -0.39 is 6.04 Å². The summed E-state index contributed by atoms with van der Waals surface area (Å²) in [6.45, 7) is 0. The number of aromatic nitrogens is 2. The van der Waals surface area contributed by atoms with Gasteiger partial charge in [0, 0.05) is 53.3 Å². The van der Waals surface area contributed by atoms with Gasteiger partial charge >= 0.3 is 0 Å². The van der Waals surface area contributed by atoms with Gasteiger partial charge in [-0.1, -0.05) is 54.6 Å². The molecule has 0 aliphatic carbocycles. The van der Waals surface area contributed by atoms with Gasteiger partial charge in [-0.3, -0.25) is 14.6 Å². The van der Waals surface area contributed by atoms with E-state index in [4.69, 9.17) is 0 Å². The number of carbonyl (C=O) groups excluding carboxylic acids is 2. The molecular weight excluding hydrogens is 424 g/mol. The Balaban J connectivity index is 1.37. The van der Waals surface area contributed by atoms with Crippen molar-refractivity contribution in [1.29, 1.82) is 0 Å². The maximum atomic E-state index is 13.0. The van der Waals surface area contributed by atoms with Gasteiger partial charge in [-0.25, -0.2) is 0 Å². The number of carbonyl (C=O) groups is 2. The standard InChI is InChI=1S/C28H24N4O2/c1-29-28(34)25(16-21-17-31-24-10-3-2-8-22(21)24)32-27(33)20-13-11-18(12-14-20)23-9-4-6-19-7-5-15-30-26(19)23/h2-15,17,25,31H,16H2,1H3,(H,29,34)(H,32,33)/t25-/m0/s1. The van der Waals surface area contributed by atoms with E-state index in [0.29, 0.717) is 12.0 Å². The van der Waals surface area contributed by atoms with Crippen molar-refractivity contribution in [2.75, 3.05) is 7.05 Å². The molecule has 5 rings (SSSR count). The predicted molar refractivity (Wildman–Crippen MR) is 135 cm³/mol. The second-order valence-corrected chi connectivity index (χ2v) is 8.16. The summed E-state index contributed by atoms with van der Waals surface area (Å²) in [5, 5.41) is 7.66. The third-order valence-electron chi connectivity index (χ3n) is 6.06. The number of pyridine rings is 1. The Bertz CT molecular complexity index is 1480. The maximum Gasteiger partial charge on any atom is 0.251 e. The van der Waals surface area contributed by atoms with Gasteiger partial charge in [-0.05, 0) is 35.4 Å². The minimum absolute atomic E-state index is 0.239. The van der Waals surface area contributed by atoms with E-state index in [0.717, 1.165) is 38.5 Å². The molecule has 0 radical (unpaired) electrons. The zero-order valence-corrected chi connectivity index (χ0v) is 18.7. The minimum atomic E-state index is -0.696. The van der Waals surface area contributed by atoms with Crippen LogP contribution >= 0.6 is 0 Å². The molecule has 0 saturated heterocycles. The average Bonchev–Trinajstić information content (AvgIpc) is 3.30. The highest BCUT2D eigenvalue weighted by molar-refractivity contribution is 5.99. The Morgan fingerprint density at radius 1 is 0.941 bits per heavy atom. The Kier molecular flexibility index (Phi) is 5.79. The number of likely N-dealkylation sites (N-methyl/N-ethyl adjacent to an activating group) is 1. The van der Waals surface area contributed by atoms with Crippen LogP contribution in [0.1, 0.15) is 15.9 Å². The predicted octanol–water partition coefficient (Wildman–Crippen LogP) is 4.47. The van der Waals surface area contributed by atoms with Gasteiger partial charge < -0.3 is 15.6 Å². The van der Waals surface area contributed by atoms with Crippen LogP contribution in [-0.4, -0.2) is 34.9 Å². The number of fused-ring (bicyclic) bond motifs is 2. The molecule has 34 heavy (non-hydrogen) atoms. The number of hydrogen-bond acceptors (Lipinski definition) is 3. The third-order valence-corrected chi connectivity index (χ3v) is 6.06. The van der Waals surface area contributed by atoms with Crippen molar-refractivity contribution in [3.05, 3.63) is 102 Å². The highest BCUT2D eigenvalue weighted by atomic mass is 16.2. The van der Waals surface area contributed by atoms with Crippen LogP contribution in [0.15, 0.2) is 91.3 Å². The van der Waals surface area contributed by atoms with Crippen molar-refractivity contribution in [3.8, 4) is 11.1 Å². The average molecular weight is 449 g/mol. The Morgan fingerprint density at radius 2 is 1.74 bits per heavy atom. The highest BCUT2D eigenvalue weighted by Gasteiger charge is 2.22. The van der Waals surface area contributed by atoms with Crippen molar-refractivity contribution in [2.24, 2.45) is 0 Å². The van der Waals surface area contributed by atoms with Crippen molar-refractivity contribution < 1.29 is 9.59 Å². The van der Waals surface area contributed by atoms with Gasteiger partial charge in [-0.15, -0.1) is 0 Å². The number of benzene rings is 3. The number of nitrogens with one attached hydrogen (secondary N) is 3. The summed E-state index contributed by atoms with van der Waals surface area (Å²) in [5.41, 5.74) is 5.36. The van der Waals surface area contributed by atoms with Crippen LogP contribution in [0.2, 0.25) is 0 Å². The maximum absolute atomic E-state index is 13.0. The summed E-state index contributed by atoms with van der Waals surface area (Å²) >= 11 is 0. The summed E-state index contributed by atoms with van der Waals surface area (Å²) in [6.07, 6.45) is 4.05. The Labute approximate surface area is 197 Å². The number of aromatic amines is 1. The second kappa shape index (κ2) is 9.19.